The van der Waals surface area contributed by atoms with Gasteiger partial charge in [-0.3, -0.25) is 0 Å². The van der Waals surface area contributed by atoms with Gasteiger partial charge in [0.25, 0.3) is 0 Å². The van der Waals surface area contributed by atoms with Crippen LogP contribution in [-0.4, -0.2) is 24.2 Å². The van der Waals surface area contributed by atoms with Crippen molar-refractivity contribution in [1.29, 1.82) is 0 Å². The van der Waals surface area contributed by atoms with Crippen LogP contribution in [-0.2, 0) is 0 Å². The zero-order valence-electron chi connectivity index (χ0n) is 15.1. The Bertz CT molecular complexity index is 843. The van der Waals surface area contributed by atoms with E-state index in [0.717, 1.165) is 16.9 Å². The molecule has 27 heavy (non-hydrogen) atoms. The first kappa shape index (κ1) is 19.2. The van der Waals surface area contributed by atoms with Crippen LogP contribution in [0.2, 0.25) is 0 Å². The fourth-order valence-electron chi connectivity index (χ4n) is 3.23. The maximum absolute atomic E-state index is 8.93. The van der Waals surface area contributed by atoms with Gasteiger partial charge in [-0.05, 0) is 34.4 Å². The maximum atomic E-state index is 8.93. The summed E-state index contributed by atoms with van der Waals surface area (Å²) in [7, 11) is 0. The highest BCUT2D eigenvalue weighted by Crippen LogP contribution is 2.38. The summed E-state index contributed by atoms with van der Waals surface area (Å²) in [6.07, 6.45) is 2.09. The highest BCUT2D eigenvalue weighted by Gasteiger charge is 2.20. The van der Waals surface area contributed by atoms with Gasteiger partial charge in [-0.15, -0.1) is 11.6 Å². The molecule has 1 atom stereocenters. The molecule has 0 aliphatic rings. The van der Waals surface area contributed by atoms with Crippen LogP contribution >= 0.6 is 11.6 Å². The fraction of sp³-hybridized carbons (Fsp3) is 0.167. The molecular weight excluding hydrogens is 356 g/mol. The molecule has 0 bridgehead atoms. The van der Waals surface area contributed by atoms with Crippen LogP contribution < -0.4 is 4.74 Å². The molecule has 2 nitrogen and oxygen atoms in total. The van der Waals surface area contributed by atoms with Gasteiger partial charge < -0.3 is 9.84 Å². The van der Waals surface area contributed by atoms with E-state index >= 15 is 0 Å². The van der Waals surface area contributed by atoms with Gasteiger partial charge in [0.2, 0.25) is 0 Å². The molecule has 1 N–H and O–H groups in total. The predicted octanol–water partition coefficient (Wildman–Crippen LogP) is 5.51. The smallest absolute Gasteiger partial charge is 0.119 e. The molecule has 3 rings (SSSR count). The Labute approximate surface area is 165 Å². The van der Waals surface area contributed by atoms with E-state index in [4.69, 9.17) is 21.4 Å². The van der Waals surface area contributed by atoms with Gasteiger partial charge in [0.15, 0.2) is 0 Å². The molecule has 3 aromatic carbocycles. The van der Waals surface area contributed by atoms with Gasteiger partial charge in [0.1, 0.15) is 12.4 Å². The number of halogens is 1. The Morgan fingerprint density at radius 3 is 2.04 bits per heavy atom. The second-order valence-corrected chi connectivity index (χ2v) is 6.47. The van der Waals surface area contributed by atoms with Crippen molar-refractivity contribution in [3.05, 3.63) is 108 Å². The zero-order chi connectivity index (χ0) is 18.9. The quantitative estimate of drug-likeness (QED) is 0.523. The molecule has 0 aromatic heterocycles. The maximum Gasteiger partial charge on any atom is 0.119 e. The Morgan fingerprint density at radius 2 is 1.44 bits per heavy atom. The molecule has 0 saturated carbocycles. The lowest BCUT2D eigenvalue weighted by atomic mass is 9.81. The number of ether oxygens (including phenoxy) is 1. The Kier molecular flexibility index (Phi) is 7.09. The van der Waals surface area contributed by atoms with Crippen LogP contribution in [0.1, 0.15) is 22.6 Å². The normalized spacial score (nSPS) is 12.6. The number of hydrogen-bond acceptors (Lipinski definition) is 2. The average Bonchev–Trinajstić information content (AvgIpc) is 2.74. The second-order valence-electron chi connectivity index (χ2n) is 6.16. The number of benzene rings is 3. The van der Waals surface area contributed by atoms with Crippen LogP contribution in [0.25, 0.3) is 5.57 Å². The topological polar surface area (TPSA) is 29.5 Å². The summed E-state index contributed by atoms with van der Waals surface area (Å²) >= 11 is 6.13. The number of alkyl halides is 1. The molecule has 0 saturated heterocycles. The summed E-state index contributed by atoms with van der Waals surface area (Å²) in [6.45, 7) is 0.299. The van der Waals surface area contributed by atoms with E-state index in [1.165, 1.54) is 11.1 Å². The first-order chi connectivity index (χ1) is 13.3. The molecule has 0 amide bonds. The van der Waals surface area contributed by atoms with Crippen LogP contribution in [0.5, 0.6) is 5.75 Å². The van der Waals surface area contributed by atoms with Crippen LogP contribution in [0.15, 0.2) is 91.0 Å². The van der Waals surface area contributed by atoms with Crippen LogP contribution in [0, 0.1) is 0 Å². The third kappa shape index (κ3) is 5.00. The van der Waals surface area contributed by atoms with Crippen molar-refractivity contribution in [2.24, 2.45) is 0 Å². The minimum atomic E-state index is 0.00497. The lowest BCUT2D eigenvalue weighted by Gasteiger charge is -2.23. The largest absolute Gasteiger partial charge is 0.491 e. The molecular formula is C24H23ClO2. The van der Waals surface area contributed by atoms with Crippen molar-refractivity contribution in [3.63, 3.8) is 0 Å². The predicted molar refractivity (Wildman–Crippen MR) is 112 cm³/mol. The minimum absolute atomic E-state index is 0.00497. The summed E-state index contributed by atoms with van der Waals surface area (Å²) in [5.41, 5.74) is 4.72. The van der Waals surface area contributed by atoms with Gasteiger partial charge in [-0.2, -0.15) is 0 Å². The molecule has 3 aromatic rings. The van der Waals surface area contributed by atoms with Gasteiger partial charge in [-0.1, -0.05) is 78.9 Å². The zero-order valence-corrected chi connectivity index (χ0v) is 15.8. The molecule has 0 heterocycles. The average molecular weight is 379 g/mol. The lowest BCUT2D eigenvalue weighted by molar-refractivity contribution is 0.201. The molecule has 0 radical (unpaired) electrons. The molecule has 0 spiro atoms. The van der Waals surface area contributed by atoms with Gasteiger partial charge >= 0.3 is 0 Å². The SMILES string of the molecule is OCCOc1ccc(C(/C(=C\CCl)c2ccccc2)c2ccccc2)cc1. The van der Waals surface area contributed by atoms with E-state index in [2.05, 4.69) is 54.6 Å². The van der Waals surface area contributed by atoms with Gasteiger partial charge in [-0.25, -0.2) is 0 Å². The van der Waals surface area contributed by atoms with Crippen molar-refractivity contribution in [3.8, 4) is 5.75 Å². The second kappa shape index (κ2) is 9.96. The Morgan fingerprint density at radius 1 is 0.852 bits per heavy atom. The first-order valence-electron chi connectivity index (χ1n) is 9.03. The number of rotatable bonds is 8. The molecule has 1 unspecified atom stereocenters. The molecule has 3 heteroatoms. The highest BCUT2D eigenvalue weighted by atomic mass is 35.5. The summed E-state index contributed by atoms with van der Waals surface area (Å²) in [5, 5.41) is 8.93. The third-order valence-corrected chi connectivity index (χ3v) is 4.58. The summed E-state index contributed by atoms with van der Waals surface area (Å²) in [6, 6.07) is 28.8. The summed E-state index contributed by atoms with van der Waals surface area (Å²) in [4.78, 5) is 0. The van der Waals surface area contributed by atoms with E-state index in [-0.39, 0.29) is 12.5 Å². The third-order valence-electron chi connectivity index (χ3n) is 4.42. The van der Waals surface area contributed by atoms with Crippen molar-refractivity contribution in [2.75, 3.05) is 19.1 Å². The lowest BCUT2D eigenvalue weighted by Crippen LogP contribution is -2.06. The van der Waals surface area contributed by atoms with E-state index in [1.54, 1.807) is 0 Å². The minimum Gasteiger partial charge on any atom is -0.491 e. The molecule has 138 valence electrons. The highest BCUT2D eigenvalue weighted by molar-refractivity contribution is 6.19. The molecule has 0 aliphatic carbocycles. The monoisotopic (exact) mass is 378 g/mol. The number of aliphatic hydroxyl groups excluding tert-OH is 1. The van der Waals surface area contributed by atoms with Gasteiger partial charge in [0.05, 0.1) is 6.61 Å². The van der Waals surface area contributed by atoms with Crippen LogP contribution in [0.3, 0.4) is 0 Å². The number of aliphatic hydroxyl groups is 1. The summed E-state index contributed by atoms with van der Waals surface area (Å²) < 4.78 is 5.50. The standard InChI is InChI=1S/C24H23ClO2/c25-16-15-23(19-7-3-1-4-8-19)24(20-9-5-2-6-10-20)21-11-13-22(14-12-21)27-18-17-26/h1-15,24,26H,16-18H2/b23-15-. The van der Waals surface area contributed by atoms with E-state index in [0.29, 0.717) is 12.5 Å². The van der Waals surface area contributed by atoms with Crippen molar-refractivity contribution < 1.29 is 9.84 Å². The van der Waals surface area contributed by atoms with Gasteiger partial charge in [0, 0.05) is 11.8 Å². The Balaban J connectivity index is 2.05. The van der Waals surface area contributed by atoms with Crippen molar-refractivity contribution in [2.45, 2.75) is 5.92 Å². The Hall–Kier alpha value is -2.55. The number of allylic oxidation sites excluding steroid dienone is 2. The molecule has 0 fully saturated rings. The number of hydrogen-bond donors (Lipinski definition) is 1. The summed E-state index contributed by atoms with van der Waals surface area (Å²) in [5.74, 6) is 1.27. The van der Waals surface area contributed by atoms with E-state index < -0.39 is 0 Å². The van der Waals surface area contributed by atoms with E-state index in [1.807, 2.05) is 36.4 Å². The first-order valence-corrected chi connectivity index (χ1v) is 9.57. The van der Waals surface area contributed by atoms with E-state index in [9.17, 15) is 0 Å². The molecule has 0 aliphatic heterocycles. The van der Waals surface area contributed by atoms with Crippen LogP contribution in [0.4, 0.5) is 0 Å². The fourth-order valence-corrected chi connectivity index (χ4v) is 3.40. The van der Waals surface area contributed by atoms with Crippen molar-refractivity contribution in [1.82, 2.24) is 0 Å². The van der Waals surface area contributed by atoms with Crippen molar-refractivity contribution >= 4 is 17.2 Å².